The molecule has 0 fully saturated rings. The van der Waals surface area contributed by atoms with Crippen LogP contribution in [0.2, 0.25) is 0 Å². The maximum Gasteiger partial charge on any atom is 0.0493 e. The van der Waals surface area contributed by atoms with Gasteiger partial charge in [-0.3, -0.25) is 0 Å². The average molecular weight is 344 g/mol. The topological polar surface area (TPSA) is 4.93 Å². The van der Waals surface area contributed by atoms with Crippen LogP contribution in [0.15, 0.2) is 48.5 Å². The molecule has 0 aliphatic rings. The number of hydrogen-bond donors (Lipinski definition) is 0. The fourth-order valence-corrected chi connectivity index (χ4v) is 2.61. The molecule has 0 saturated carbocycles. The molecule has 0 aliphatic heterocycles. The van der Waals surface area contributed by atoms with Crippen LogP contribution in [0.3, 0.4) is 0 Å². The molecule has 3 rings (SSSR count). The van der Waals surface area contributed by atoms with Gasteiger partial charge in [-0.05, 0) is 25.5 Å². The minimum absolute atomic E-state index is 0.541. The van der Waals surface area contributed by atoms with Crippen molar-refractivity contribution in [1.29, 1.82) is 0 Å². The highest BCUT2D eigenvalue weighted by molar-refractivity contribution is 6.08. The van der Waals surface area contributed by atoms with Crippen LogP contribution in [0.5, 0.6) is 0 Å². The molecule has 0 bridgehead atoms. The smallest absolute Gasteiger partial charge is 0.0493 e. The van der Waals surface area contributed by atoms with Gasteiger partial charge in [0.25, 0.3) is 0 Å². The highest BCUT2D eigenvalue weighted by Gasteiger charge is 2.12. The van der Waals surface area contributed by atoms with Crippen LogP contribution in [0.4, 0.5) is 0 Å². The number of fused-ring (bicyclic) bond motifs is 3. The Morgan fingerprint density at radius 3 is 1.28 bits per heavy atom. The van der Waals surface area contributed by atoms with Gasteiger partial charge in [-0.15, -0.1) is 0 Å². The third-order valence-corrected chi connectivity index (χ3v) is 3.65. The van der Waals surface area contributed by atoms with E-state index in [1.807, 2.05) is 55.4 Å². The van der Waals surface area contributed by atoms with Crippen molar-refractivity contribution in [1.82, 2.24) is 4.57 Å². The zero-order valence-corrected chi connectivity index (χ0v) is 18.4. The Morgan fingerprint density at radius 1 is 0.640 bits per heavy atom. The number of nitrogens with zero attached hydrogens (tertiary/aromatic N) is 1. The molecule has 3 aromatic rings. The first-order chi connectivity index (χ1) is 12.3. The van der Waals surface area contributed by atoms with Crippen LogP contribution in [0, 0.1) is 0 Å². The minimum Gasteiger partial charge on any atom is -0.338 e. The van der Waals surface area contributed by atoms with Crippen molar-refractivity contribution in [2.45, 2.75) is 81.7 Å². The van der Waals surface area contributed by atoms with Crippen molar-refractivity contribution < 1.29 is 0 Å². The van der Waals surface area contributed by atoms with Crippen molar-refractivity contribution in [3.63, 3.8) is 0 Å². The lowest BCUT2D eigenvalue weighted by molar-refractivity contribution is 0.563. The quantitative estimate of drug-likeness (QED) is 0.438. The van der Waals surface area contributed by atoms with E-state index >= 15 is 0 Å². The number of para-hydroxylation sites is 2. The minimum atomic E-state index is 0.541. The summed E-state index contributed by atoms with van der Waals surface area (Å²) in [6, 6.07) is 17.9. The molecular weight excluding hydrogens is 302 g/mol. The van der Waals surface area contributed by atoms with E-state index in [0.29, 0.717) is 6.04 Å². The number of aromatic nitrogens is 1. The number of hydrogen-bond acceptors (Lipinski definition) is 0. The molecule has 142 valence electrons. The highest BCUT2D eigenvalue weighted by atomic mass is 15.0. The van der Waals surface area contributed by atoms with Gasteiger partial charge in [0.15, 0.2) is 0 Å². The first-order valence-corrected chi connectivity index (χ1v) is 10.3. The van der Waals surface area contributed by atoms with E-state index < -0.39 is 0 Å². The van der Waals surface area contributed by atoms with Crippen molar-refractivity contribution in [3.05, 3.63) is 48.5 Å². The van der Waals surface area contributed by atoms with Crippen molar-refractivity contribution in [3.8, 4) is 0 Å². The Kier molecular flexibility index (Phi) is 16.1. The van der Waals surface area contributed by atoms with E-state index in [1.54, 1.807) is 0 Å². The van der Waals surface area contributed by atoms with Crippen molar-refractivity contribution >= 4 is 21.8 Å². The van der Waals surface area contributed by atoms with Crippen LogP contribution in [-0.4, -0.2) is 4.57 Å². The fourth-order valence-electron chi connectivity index (χ4n) is 2.61. The Bertz CT molecular complexity index is 611. The molecule has 0 aliphatic carbocycles. The predicted octanol–water partition coefficient (Wildman–Crippen LogP) is 8.87. The molecule has 0 unspecified atom stereocenters. The van der Waals surface area contributed by atoms with Gasteiger partial charge in [0.05, 0.1) is 0 Å². The van der Waals surface area contributed by atoms with Crippen LogP contribution in [-0.2, 0) is 0 Å². The summed E-state index contributed by atoms with van der Waals surface area (Å²) in [4.78, 5) is 0. The van der Waals surface area contributed by atoms with Gasteiger partial charge in [0.2, 0.25) is 0 Å². The van der Waals surface area contributed by atoms with E-state index in [4.69, 9.17) is 0 Å². The monoisotopic (exact) mass is 343 g/mol. The lowest BCUT2D eigenvalue weighted by atomic mass is 10.2. The molecule has 1 aromatic heterocycles. The van der Waals surface area contributed by atoms with Crippen LogP contribution < -0.4 is 0 Å². The lowest BCUT2D eigenvalue weighted by Crippen LogP contribution is -2.02. The van der Waals surface area contributed by atoms with Gasteiger partial charge in [-0.1, -0.05) is 98.7 Å². The molecule has 25 heavy (non-hydrogen) atoms. The van der Waals surface area contributed by atoms with Gasteiger partial charge in [-0.25, -0.2) is 0 Å². The third-order valence-electron chi connectivity index (χ3n) is 3.65. The second-order valence-corrected chi connectivity index (χ2v) is 4.66. The standard InChI is InChI=1S/C16H17N.4C2H6/c1-3-12(2)17-15-10-6-4-8-13(15)14-9-5-7-11-16(14)17;4*1-2/h4-12H,3H2,1-2H3;4*1-2H3/t12-;;;;/m1..../s1. The van der Waals surface area contributed by atoms with Gasteiger partial charge in [0, 0.05) is 27.8 Å². The maximum absolute atomic E-state index is 2.46. The predicted molar refractivity (Wildman–Crippen MR) is 120 cm³/mol. The molecule has 1 nitrogen and oxygen atoms in total. The first kappa shape index (κ1) is 25.5. The first-order valence-electron chi connectivity index (χ1n) is 10.3. The Morgan fingerprint density at radius 2 is 0.960 bits per heavy atom. The van der Waals surface area contributed by atoms with Gasteiger partial charge in [0.1, 0.15) is 0 Å². The van der Waals surface area contributed by atoms with Crippen molar-refractivity contribution in [2.75, 3.05) is 0 Å². The van der Waals surface area contributed by atoms with E-state index in [0.717, 1.165) is 6.42 Å². The molecule has 0 amide bonds. The zero-order chi connectivity index (χ0) is 19.8. The third kappa shape index (κ3) is 6.23. The fraction of sp³-hybridized carbons (Fsp3) is 0.500. The van der Waals surface area contributed by atoms with Gasteiger partial charge in [-0.2, -0.15) is 0 Å². The normalized spacial score (nSPS) is 10.0. The molecular formula is C24H41N. The van der Waals surface area contributed by atoms with Gasteiger partial charge >= 0.3 is 0 Å². The van der Waals surface area contributed by atoms with Crippen LogP contribution >= 0.6 is 0 Å². The zero-order valence-electron chi connectivity index (χ0n) is 18.4. The van der Waals surface area contributed by atoms with Crippen molar-refractivity contribution in [2.24, 2.45) is 0 Å². The highest BCUT2D eigenvalue weighted by Crippen LogP contribution is 2.32. The molecule has 1 atom stereocenters. The summed E-state index contributed by atoms with van der Waals surface area (Å²) in [5.41, 5.74) is 2.70. The molecule has 1 heterocycles. The number of rotatable bonds is 2. The average Bonchev–Trinajstić information content (AvgIpc) is 3.08. The van der Waals surface area contributed by atoms with E-state index in [2.05, 4.69) is 66.9 Å². The molecule has 1 heteroatoms. The summed E-state index contributed by atoms with van der Waals surface area (Å²) in [6.45, 7) is 20.5. The Balaban J connectivity index is 0. The lowest BCUT2D eigenvalue weighted by Gasteiger charge is -2.14. The molecule has 0 radical (unpaired) electrons. The molecule has 0 spiro atoms. The Labute approximate surface area is 157 Å². The second kappa shape index (κ2) is 15.7. The van der Waals surface area contributed by atoms with E-state index in [-0.39, 0.29) is 0 Å². The summed E-state index contributed by atoms with van der Waals surface area (Å²) < 4.78 is 2.46. The van der Waals surface area contributed by atoms with Crippen LogP contribution in [0.25, 0.3) is 21.8 Å². The molecule has 0 saturated heterocycles. The number of benzene rings is 2. The van der Waals surface area contributed by atoms with Gasteiger partial charge < -0.3 is 4.57 Å². The summed E-state index contributed by atoms with van der Waals surface area (Å²) in [7, 11) is 0. The largest absolute Gasteiger partial charge is 0.338 e. The van der Waals surface area contributed by atoms with E-state index in [1.165, 1.54) is 21.8 Å². The summed E-state index contributed by atoms with van der Waals surface area (Å²) in [5, 5.41) is 2.73. The Hall–Kier alpha value is -1.76. The molecule has 0 N–H and O–H groups in total. The van der Waals surface area contributed by atoms with E-state index in [9.17, 15) is 0 Å². The SMILES string of the molecule is CC.CC.CC.CC.CC[C@@H](C)n1c2ccccc2c2ccccc21. The van der Waals surface area contributed by atoms with Crippen LogP contribution in [0.1, 0.15) is 81.7 Å². The second-order valence-electron chi connectivity index (χ2n) is 4.66. The summed E-state index contributed by atoms with van der Waals surface area (Å²) in [5.74, 6) is 0. The maximum atomic E-state index is 2.46. The molecule has 2 aromatic carbocycles. The summed E-state index contributed by atoms with van der Waals surface area (Å²) in [6.07, 6.45) is 1.16. The summed E-state index contributed by atoms with van der Waals surface area (Å²) >= 11 is 0.